The van der Waals surface area contributed by atoms with Gasteiger partial charge >= 0.3 is 5.69 Å². The number of fused-ring (bicyclic) bond motifs is 1. The van der Waals surface area contributed by atoms with Crippen LogP contribution in [0.25, 0.3) is 11.0 Å². The molecule has 5 rings (SSSR count). The highest BCUT2D eigenvalue weighted by Crippen LogP contribution is 2.28. The molecule has 0 bridgehead atoms. The summed E-state index contributed by atoms with van der Waals surface area (Å²) < 4.78 is 4.72. The number of nitro groups is 1. The molecule has 13 nitrogen and oxygen atoms in total. The number of unbranched alkanes of at least 4 members (excludes halogenated alkanes) is 3. The molecule has 1 aliphatic carbocycles. The largest absolute Gasteiger partial charge is 0.383 e. The Bertz CT molecular complexity index is 1410. The minimum Gasteiger partial charge on any atom is -0.383 e. The van der Waals surface area contributed by atoms with Gasteiger partial charge in [0.25, 0.3) is 0 Å². The third kappa shape index (κ3) is 7.99. The number of anilines is 4. The smallest absolute Gasteiger partial charge is 0.300 e. The number of non-ortho nitro benzene ring substituents is 1. The van der Waals surface area contributed by atoms with Gasteiger partial charge < -0.3 is 21.3 Å². The molecule has 0 amide bonds. The van der Waals surface area contributed by atoms with E-state index in [1.807, 2.05) is 18.2 Å². The van der Waals surface area contributed by atoms with E-state index < -0.39 is 4.92 Å². The van der Waals surface area contributed by atoms with E-state index in [2.05, 4.69) is 58.7 Å². The fraction of sp³-hybridized carbons (Fsp3) is 0.464. The molecule has 0 atom stereocenters. The lowest BCUT2D eigenvalue weighted by Crippen LogP contribution is -2.24. The second-order valence-electron chi connectivity index (χ2n) is 10.2. The van der Waals surface area contributed by atoms with Gasteiger partial charge in [-0.2, -0.15) is 15.0 Å². The zero-order valence-corrected chi connectivity index (χ0v) is 23.0. The Morgan fingerprint density at radius 2 is 1.46 bits per heavy atom. The third-order valence-electron chi connectivity index (χ3n) is 7.16. The first-order chi connectivity index (χ1) is 20.2. The van der Waals surface area contributed by atoms with E-state index in [1.54, 1.807) is 6.07 Å². The predicted octanol–water partition coefficient (Wildman–Crippen LogP) is 5.76. The van der Waals surface area contributed by atoms with Gasteiger partial charge in [-0.05, 0) is 47.6 Å². The van der Waals surface area contributed by atoms with Gasteiger partial charge in [0, 0.05) is 31.7 Å². The van der Waals surface area contributed by atoms with Gasteiger partial charge in [0.05, 0.1) is 10.6 Å². The van der Waals surface area contributed by atoms with E-state index in [4.69, 9.17) is 4.63 Å². The lowest BCUT2D eigenvalue weighted by molar-refractivity contribution is -0.383. The molecule has 2 heterocycles. The second kappa shape index (κ2) is 14.2. The van der Waals surface area contributed by atoms with E-state index >= 15 is 0 Å². The summed E-state index contributed by atoms with van der Waals surface area (Å²) in [7, 11) is 0. The van der Waals surface area contributed by atoms with E-state index in [1.165, 1.54) is 25.3 Å². The number of aromatic nitrogens is 5. The summed E-state index contributed by atoms with van der Waals surface area (Å²) in [6, 6.07) is 13.6. The van der Waals surface area contributed by atoms with Gasteiger partial charge in [-0.15, -0.1) is 0 Å². The van der Waals surface area contributed by atoms with Crippen molar-refractivity contribution in [2.75, 3.05) is 34.4 Å². The summed E-state index contributed by atoms with van der Waals surface area (Å²) in [4.78, 5) is 24.5. The zero-order chi connectivity index (χ0) is 28.3. The average molecular weight is 561 g/mol. The molecule has 0 aliphatic heterocycles. The van der Waals surface area contributed by atoms with Crippen molar-refractivity contribution in [1.29, 1.82) is 0 Å². The SMILES string of the molecule is O=[N+]([O-])c1ccc(NCCCCCCNc2nc(NCc3ccccc3)nc(NC3CCCCC3)n2)c2nonc12. The van der Waals surface area contributed by atoms with Crippen LogP contribution in [-0.4, -0.2) is 49.3 Å². The molecule has 2 aromatic heterocycles. The Morgan fingerprint density at radius 1 is 0.780 bits per heavy atom. The molecule has 13 heteroatoms. The fourth-order valence-electron chi connectivity index (χ4n) is 4.98. The van der Waals surface area contributed by atoms with Crippen LogP contribution in [0.15, 0.2) is 47.1 Å². The van der Waals surface area contributed by atoms with E-state index in [-0.39, 0.29) is 11.2 Å². The lowest BCUT2D eigenvalue weighted by atomic mass is 9.96. The molecule has 41 heavy (non-hydrogen) atoms. The van der Waals surface area contributed by atoms with Gasteiger partial charge in [-0.25, -0.2) is 4.63 Å². The zero-order valence-electron chi connectivity index (χ0n) is 23.0. The maximum atomic E-state index is 11.2. The molecule has 0 unspecified atom stereocenters. The minimum atomic E-state index is -0.489. The summed E-state index contributed by atoms with van der Waals surface area (Å²) >= 11 is 0. The van der Waals surface area contributed by atoms with E-state index in [9.17, 15) is 10.1 Å². The van der Waals surface area contributed by atoms with Crippen molar-refractivity contribution in [3.05, 3.63) is 58.1 Å². The Morgan fingerprint density at radius 3 is 2.22 bits per heavy atom. The van der Waals surface area contributed by atoms with Crippen molar-refractivity contribution in [1.82, 2.24) is 25.3 Å². The Hall–Kier alpha value is -4.55. The topological polar surface area (TPSA) is 169 Å². The predicted molar refractivity (Wildman–Crippen MR) is 158 cm³/mol. The first-order valence-electron chi connectivity index (χ1n) is 14.3. The first-order valence-corrected chi connectivity index (χ1v) is 14.3. The summed E-state index contributed by atoms with van der Waals surface area (Å²) in [5.41, 5.74) is 2.25. The standard InChI is InChI=1S/C28H36N10O3/c39-38(40)23-16-15-22(24-25(23)37-41-36-24)29-17-9-1-2-10-18-30-26-33-27(31-19-20-11-5-3-6-12-20)35-28(34-26)32-21-13-7-4-8-14-21/h3,5-6,11-12,15-16,21,29H,1-2,4,7-10,13-14,17-19H2,(H3,30,31,32,33,34,35). The first kappa shape index (κ1) is 28.0. The second-order valence-corrected chi connectivity index (χ2v) is 10.2. The molecular weight excluding hydrogens is 524 g/mol. The highest BCUT2D eigenvalue weighted by atomic mass is 16.6. The van der Waals surface area contributed by atoms with Crippen molar-refractivity contribution >= 4 is 40.3 Å². The average Bonchev–Trinajstić information content (AvgIpc) is 3.49. The van der Waals surface area contributed by atoms with Crippen molar-refractivity contribution in [3.63, 3.8) is 0 Å². The van der Waals surface area contributed by atoms with Crippen molar-refractivity contribution in [3.8, 4) is 0 Å². The molecule has 4 aromatic rings. The van der Waals surface area contributed by atoms with Crippen LogP contribution in [0.1, 0.15) is 63.4 Å². The Balaban J connectivity index is 1.07. The van der Waals surface area contributed by atoms with Gasteiger partial charge in [-0.3, -0.25) is 10.1 Å². The number of nitro benzene ring substituents is 1. The highest BCUT2D eigenvalue weighted by molar-refractivity contribution is 5.93. The number of rotatable bonds is 15. The molecular formula is C28H36N10O3. The number of benzene rings is 2. The lowest BCUT2D eigenvalue weighted by Gasteiger charge is -2.23. The number of nitrogens with zero attached hydrogens (tertiary/aromatic N) is 6. The van der Waals surface area contributed by atoms with Crippen LogP contribution in [0.3, 0.4) is 0 Å². The van der Waals surface area contributed by atoms with Gasteiger partial charge in [-0.1, -0.05) is 62.4 Å². The van der Waals surface area contributed by atoms with Crippen molar-refractivity contribution < 1.29 is 9.55 Å². The Kier molecular flexibility index (Phi) is 9.69. The minimum absolute atomic E-state index is 0.117. The molecule has 4 N–H and O–H groups in total. The molecule has 2 aromatic carbocycles. The molecule has 1 saturated carbocycles. The maximum absolute atomic E-state index is 11.2. The maximum Gasteiger partial charge on any atom is 0.300 e. The molecule has 0 radical (unpaired) electrons. The summed E-state index contributed by atoms with van der Waals surface area (Å²) in [5, 5.41) is 32.1. The molecule has 1 aliphatic rings. The molecule has 0 saturated heterocycles. The van der Waals surface area contributed by atoms with Crippen LogP contribution in [0.2, 0.25) is 0 Å². The molecule has 0 spiro atoms. The quantitative estimate of drug-likeness (QED) is 0.0789. The Labute approximate surface area is 238 Å². The summed E-state index contributed by atoms with van der Waals surface area (Å²) in [5.74, 6) is 1.73. The number of hydrogen-bond donors (Lipinski definition) is 4. The normalized spacial score (nSPS) is 13.7. The third-order valence-corrected chi connectivity index (χ3v) is 7.16. The number of nitrogens with one attached hydrogen (secondary N) is 4. The highest BCUT2D eigenvalue weighted by Gasteiger charge is 2.19. The molecule has 216 valence electrons. The van der Waals surface area contributed by atoms with Crippen molar-refractivity contribution in [2.24, 2.45) is 0 Å². The van der Waals surface area contributed by atoms with Gasteiger partial charge in [0.15, 0.2) is 5.52 Å². The van der Waals surface area contributed by atoms with Crippen molar-refractivity contribution in [2.45, 2.75) is 70.4 Å². The van der Waals surface area contributed by atoms with Crippen LogP contribution in [0.4, 0.5) is 29.2 Å². The van der Waals surface area contributed by atoms with E-state index in [0.29, 0.717) is 48.2 Å². The van der Waals surface area contributed by atoms with Crippen LogP contribution < -0.4 is 21.3 Å². The monoisotopic (exact) mass is 560 g/mol. The van der Waals surface area contributed by atoms with Crippen LogP contribution in [0, 0.1) is 10.1 Å². The van der Waals surface area contributed by atoms with Crippen LogP contribution >= 0.6 is 0 Å². The van der Waals surface area contributed by atoms with E-state index in [0.717, 1.165) is 50.6 Å². The van der Waals surface area contributed by atoms with Crippen LogP contribution in [0.5, 0.6) is 0 Å². The fourth-order valence-corrected chi connectivity index (χ4v) is 4.98. The van der Waals surface area contributed by atoms with Gasteiger partial charge in [0.1, 0.15) is 0 Å². The molecule has 1 fully saturated rings. The summed E-state index contributed by atoms with van der Waals surface area (Å²) in [6.45, 7) is 2.11. The summed E-state index contributed by atoms with van der Waals surface area (Å²) in [6.07, 6.45) is 10.0. The number of hydrogen-bond acceptors (Lipinski definition) is 12. The van der Waals surface area contributed by atoms with Gasteiger partial charge in [0.2, 0.25) is 23.4 Å². The van der Waals surface area contributed by atoms with Crippen LogP contribution in [-0.2, 0) is 6.54 Å².